The molecule has 0 unspecified atom stereocenters. The van der Waals surface area contributed by atoms with Gasteiger partial charge in [0.1, 0.15) is 34.5 Å². The Hall–Kier alpha value is -6.54. The zero-order valence-corrected chi connectivity index (χ0v) is 43.2. The average Bonchev–Trinajstić information content (AvgIpc) is 3.24. The minimum Gasteiger partial charge on any atom is -0.507 e. The number of phenols is 4. The molecule has 0 heterocycles. The fraction of sp³-hybridized carbons (Fsp3) is 0.377. The number of hydrogen-bond acceptors (Lipinski definition) is 8. The number of benzene rings is 4. The lowest BCUT2D eigenvalue weighted by Crippen LogP contribution is -2.43. The maximum absolute atomic E-state index is 15.9. The van der Waals surface area contributed by atoms with Crippen LogP contribution in [0.25, 0.3) is 33.1 Å². The number of Topliss-reactive ketones (excluding diaryl/α,β-unsaturated/α-hetero) is 2. The van der Waals surface area contributed by atoms with Crippen molar-refractivity contribution in [2.45, 2.75) is 153 Å². The smallest absolute Gasteiger partial charge is 0.174 e. The van der Waals surface area contributed by atoms with Gasteiger partial charge in [-0.05, 0) is 181 Å². The van der Waals surface area contributed by atoms with Gasteiger partial charge in [-0.25, -0.2) is 0 Å². The van der Waals surface area contributed by atoms with E-state index in [9.17, 15) is 30.6 Å². The number of allylic oxidation sites excluding steroid dienone is 14. The number of aliphatic hydroxyl groups excluding tert-OH is 2. The molecule has 0 saturated heterocycles. The van der Waals surface area contributed by atoms with Crippen molar-refractivity contribution >= 4 is 44.6 Å². The second-order valence-corrected chi connectivity index (χ2v) is 21.1. The van der Waals surface area contributed by atoms with Gasteiger partial charge >= 0.3 is 0 Å². The van der Waals surface area contributed by atoms with E-state index in [1.807, 2.05) is 146 Å². The van der Waals surface area contributed by atoms with Gasteiger partial charge in [-0.15, -0.1) is 0 Å². The number of aryl methyl sites for hydroxylation is 2. The van der Waals surface area contributed by atoms with Gasteiger partial charge in [0.15, 0.2) is 11.6 Å². The van der Waals surface area contributed by atoms with Crippen LogP contribution >= 0.6 is 0 Å². The molecule has 6 N–H and O–H groups in total. The van der Waals surface area contributed by atoms with Gasteiger partial charge in [0.25, 0.3) is 0 Å². The molecule has 0 aliphatic heterocycles. The first-order valence-corrected chi connectivity index (χ1v) is 24.1. The molecule has 364 valence electrons. The van der Waals surface area contributed by atoms with Gasteiger partial charge < -0.3 is 30.6 Å². The number of carbonyl (C=O) groups is 2. The van der Waals surface area contributed by atoms with E-state index < -0.39 is 51.8 Å². The first-order chi connectivity index (χ1) is 32.3. The van der Waals surface area contributed by atoms with Crippen molar-refractivity contribution in [3.05, 3.63) is 150 Å². The van der Waals surface area contributed by atoms with Gasteiger partial charge in [-0.3, -0.25) is 9.59 Å². The van der Waals surface area contributed by atoms with Gasteiger partial charge in [0.05, 0.1) is 32.7 Å². The molecule has 4 aromatic carbocycles. The highest BCUT2D eigenvalue weighted by Crippen LogP contribution is 2.56. The van der Waals surface area contributed by atoms with E-state index in [1.165, 1.54) is 0 Å². The molecule has 0 saturated carbocycles. The number of ketones is 2. The van der Waals surface area contributed by atoms with Crippen LogP contribution in [0, 0.1) is 13.8 Å². The third-order valence-corrected chi connectivity index (χ3v) is 14.1. The molecule has 0 atom stereocenters. The molecule has 0 aromatic heterocycles. The topological polar surface area (TPSA) is 156 Å². The van der Waals surface area contributed by atoms with Gasteiger partial charge in [0, 0.05) is 28.7 Å². The molecule has 8 heteroatoms. The normalized spacial score (nSPS) is 14.9. The zero-order chi connectivity index (χ0) is 51.2. The van der Waals surface area contributed by atoms with Crippen LogP contribution in [0.2, 0.25) is 0 Å². The van der Waals surface area contributed by atoms with Crippen molar-refractivity contribution in [3.63, 3.8) is 0 Å². The third kappa shape index (κ3) is 9.47. The zero-order valence-electron chi connectivity index (χ0n) is 43.2. The van der Waals surface area contributed by atoms with E-state index in [2.05, 4.69) is 0 Å². The van der Waals surface area contributed by atoms with Gasteiger partial charge in [0.2, 0.25) is 0 Å². The summed E-state index contributed by atoms with van der Waals surface area (Å²) < 4.78 is 0. The molecule has 2 aliphatic rings. The quantitative estimate of drug-likeness (QED) is 0.0683. The lowest BCUT2D eigenvalue weighted by molar-refractivity contribution is -0.121. The first-order valence-electron chi connectivity index (χ1n) is 24.1. The Bertz CT molecular complexity index is 2830. The molecule has 6 rings (SSSR count). The second-order valence-electron chi connectivity index (χ2n) is 21.1. The summed E-state index contributed by atoms with van der Waals surface area (Å²) in [6, 6.07) is 7.35. The van der Waals surface area contributed by atoms with Crippen LogP contribution < -0.4 is 0 Å². The van der Waals surface area contributed by atoms with Crippen molar-refractivity contribution in [2.75, 3.05) is 0 Å². The molecule has 69 heavy (non-hydrogen) atoms. The van der Waals surface area contributed by atoms with Gasteiger partial charge in [-0.2, -0.15) is 0 Å². The van der Waals surface area contributed by atoms with Crippen LogP contribution in [0.3, 0.4) is 0 Å². The minimum absolute atomic E-state index is 0.0316. The predicted octanol–water partition coefficient (Wildman–Crippen LogP) is 15.1. The molecule has 8 nitrogen and oxygen atoms in total. The molecular formula is C61H72O8. The number of fused-ring (bicyclic) bond motifs is 4. The van der Waals surface area contributed by atoms with Crippen molar-refractivity contribution in [3.8, 4) is 23.0 Å². The van der Waals surface area contributed by atoms with Crippen LogP contribution in [0.15, 0.2) is 105 Å². The van der Waals surface area contributed by atoms with E-state index in [1.54, 1.807) is 12.1 Å². The minimum atomic E-state index is -1.42. The SMILES string of the molecule is CC(C)=CCc1c(C)cc2cc3c(c(O)c2c1O)C(O)=C(CC1=C(O)c2c(cc4cc(C)c(CC=C(C)C)c(O)c4c2O)C(CC=C(C)C)(CC=C(C)C)C1=O)C(=O)C3(CC=C(C)C)CC=C(C)C. The monoisotopic (exact) mass is 933 g/mol. The van der Waals surface area contributed by atoms with E-state index in [4.69, 9.17) is 0 Å². The maximum Gasteiger partial charge on any atom is 0.174 e. The van der Waals surface area contributed by atoms with Crippen LogP contribution in [-0.4, -0.2) is 42.2 Å². The molecule has 2 aliphatic carbocycles. The van der Waals surface area contributed by atoms with Crippen LogP contribution in [0.1, 0.15) is 160 Å². The molecule has 0 spiro atoms. The Morgan fingerprint density at radius 3 is 1.00 bits per heavy atom. The first kappa shape index (κ1) is 51.8. The molecule has 0 amide bonds. The Balaban J connectivity index is 1.77. The summed E-state index contributed by atoms with van der Waals surface area (Å²) in [5, 5.41) is 75.7. The second kappa shape index (κ2) is 19.8. The summed E-state index contributed by atoms with van der Waals surface area (Å²) in [6.07, 6.45) is 12.7. The molecule has 4 aromatic rings. The highest BCUT2D eigenvalue weighted by Gasteiger charge is 2.52. The van der Waals surface area contributed by atoms with Crippen molar-refractivity contribution < 1.29 is 40.2 Å². The number of aromatic hydroxyl groups is 4. The number of hydrogen-bond donors (Lipinski definition) is 6. The molecule has 0 fully saturated rings. The number of phenolic OH excluding ortho intramolecular Hbond substituents is 4. The van der Waals surface area contributed by atoms with Crippen LogP contribution in [0.5, 0.6) is 23.0 Å². The van der Waals surface area contributed by atoms with Crippen LogP contribution in [0.4, 0.5) is 0 Å². The average molecular weight is 933 g/mol. The Labute approximate surface area is 408 Å². The maximum atomic E-state index is 15.9. The fourth-order valence-corrected chi connectivity index (χ4v) is 10.1. The summed E-state index contributed by atoms with van der Waals surface area (Å²) >= 11 is 0. The standard InChI is InChI=1S/C61H72O8/c1-32(2)15-17-42-38(13)27-40-29-46-50(56(66)48(40)52(42)62)54(64)44(58(68)60(46,23-19-34(5)6)24-20-35(7)8)31-45-55(65)51-47(61(59(45)69,25-21-36(9)10)26-22-37(11)12)30-41-28-39(14)43(18-16-33(3)4)53(63)49(41)57(51)67/h15-16,19-22,27-30,62-67H,17-18,23-26,31H2,1-14H3. The van der Waals surface area contributed by atoms with E-state index in [0.717, 1.165) is 44.6 Å². The Morgan fingerprint density at radius 1 is 0.435 bits per heavy atom. The van der Waals surface area contributed by atoms with Gasteiger partial charge in [-0.1, -0.05) is 82.0 Å². The highest BCUT2D eigenvalue weighted by molar-refractivity contribution is 6.19. The van der Waals surface area contributed by atoms with E-state index >= 15 is 9.59 Å². The molecule has 0 bridgehead atoms. The predicted molar refractivity (Wildman–Crippen MR) is 284 cm³/mol. The third-order valence-electron chi connectivity index (χ3n) is 14.1. The molecule has 0 radical (unpaired) electrons. The lowest BCUT2D eigenvalue weighted by Gasteiger charge is -2.41. The summed E-state index contributed by atoms with van der Waals surface area (Å²) in [7, 11) is 0. The van der Waals surface area contributed by atoms with Crippen molar-refractivity contribution in [2.24, 2.45) is 0 Å². The highest BCUT2D eigenvalue weighted by atomic mass is 16.3. The van der Waals surface area contributed by atoms with Crippen LogP contribution in [-0.2, 0) is 33.3 Å². The summed E-state index contributed by atoms with van der Waals surface area (Å²) in [5.74, 6) is -3.19. The van der Waals surface area contributed by atoms with Crippen molar-refractivity contribution in [1.82, 2.24) is 0 Å². The fourth-order valence-electron chi connectivity index (χ4n) is 10.1. The lowest BCUT2D eigenvalue weighted by atomic mass is 9.60. The number of rotatable bonds is 14. The Morgan fingerprint density at radius 2 is 0.725 bits per heavy atom. The molecular weight excluding hydrogens is 861 g/mol. The number of aliphatic hydroxyl groups is 2. The largest absolute Gasteiger partial charge is 0.507 e. The van der Waals surface area contributed by atoms with E-state index in [-0.39, 0.29) is 70.2 Å². The Kier molecular flexibility index (Phi) is 14.9. The number of carbonyl (C=O) groups excluding carboxylic acids is 2. The summed E-state index contributed by atoms with van der Waals surface area (Å²) in [5.41, 5.74) is 6.14. The summed E-state index contributed by atoms with van der Waals surface area (Å²) in [4.78, 5) is 31.8. The van der Waals surface area contributed by atoms with Crippen molar-refractivity contribution in [1.29, 1.82) is 0 Å². The van der Waals surface area contributed by atoms with E-state index in [0.29, 0.717) is 45.9 Å². The summed E-state index contributed by atoms with van der Waals surface area (Å²) in [6.45, 7) is 27.1.